The summed E-state index contributed by atoms with van der Waals surface area (Å²) < 4.78 is 40.4. The number of hydrogen-bond acceptors (Lipinski definition) is 4. The third-order valence-corrected chi connectivity index (χ3v) is 7.10. The third-order valence-electron chi connectivity index (χ3n) is 5.57. The molecular weight excluding hydrogens is 544 g/mol. The van der Waals surface area contributed by atoms with Gasteiger partial charge in [-0.15, -0.1) is 24.0 Å². The van der Waals surface area contributed by atoms with Crippen LogP contribution in [0.25, 0.3) is 0 Å². The molecule has 4 rings (SSSR count). The topological polar surface area (TPSA) is 77.0 Å². The van der Waals surface area contributed by atoms with E-state index in [4.69, 9.17) is 0 Å². The Balaban J connectivity index is 0.00000289. The first-order valence-corrected chi connectivity index (χ1v) is 12.0. The van der Waals surface area contributed by atoms with Crippen LogP contribution in [-0.2, 0) is 16.6 Å². The van der Waals surface area contributed by atoms with E-state index in [0.29, 0.717) is 11.4 Å². The second kappa shape index (κ2) is 10.8. The quantitative estimate of drug-likeness (QED) is 0.316. The van der Waals surface area contributed by atoms with Crippen molar-refractivity contribution in [1.29, 1.82) is 0 Å². The summed E-state index contributed by atoms with van der Waals surface area (Å²) >= 11 is 0. The van der Waals surface area contributed by atoms with Crippen LogP contribution in [0.3, 0.4) is 0 Å². The Hall–Kier alpha value is -1.92. The Bertz CT molecular complexity index is 1020. The number of piperazine rings is 1. The van der Waals surface area contributed by atoms with Gasteiger partial charge in [-0.2, -0.15) is 0 Å². The molecule has 2 aliphatic rings. The third kappa shape index (κ3) is 6.32. The highest BCUT2D eigenvalue weighted by molar-refractivity contribution is 14.0. The van der Waals surface area contributed by atoms with Crippen molar-refractivity contribution in [3.8, 4) is 0 Å². The molecule has 1 aliphatic carbocycles. The zero-order valence-electron chi connectivity index (χ0n) is 18.0. The molecule has 0 amide bonds. The predicted octanol–water partition coefficient (Wildman–Crippen LogP) is 2.78. The summed E-state index contributed by atoms with van der Waals surface area (Å²) in [5.74, 6) is 0.586. The molecule has 0 spiro atoms. The Kier molecular flexibility index (Phi) is 8.34. The number of sulfonamides is 1. The fraction of sp³-hybridized carbons (Fsp3) is 0.409. The van der Waals surface area contributed by atoms with Crippen LogP contribution in [0.5, 0.6) is 0 Å². The first-order chi connectivity index (χ1) is 14.9. The van der Waals surface area contributed by atoms with Crippen LogP contribution in [0, 0.1) is 5.82 Å². The lowest BCUT2D eigenvalue weighted by Crippen LogP contribution is -2.52. The second-order valence-corrected chi connectivity index (χ2v) is 9.60. The molecule has 2 aromatic carbocycles. The summed E-state index contributed by atoms with van der Waals surface area (Å²) in [6.07, 6.45) is 1.83. The summed E-state index contributed by atoms with van der Waals surface area (Å²) in [4.78, 5) is 9.11. The first-order valence-electron chi connectivity index (χ1n) is 10.5. The van der Waals surface area contributed by atoms with E-state index < -0.39 is 10.0 Å². The highest BCUT2D eigenvalue weighted by atomic mass is 127. The van der Waals surface area contributed by atoms with Gasteiger partial charge in [0.15, 0.2) is 5.96 Å². The molecule has 32 heavy (non-hydrogen) atoms. The summed E-state index contributed by atoms with van der Waals surface area (Å²) in [6.45, 7) is 3.82. The summed E-state index contributed by atoms with van der Waals surface area (Å²) in [6, 6.07) is 13.6. The van der Waals surface area contributed by atoms with Crippen LogP contribution in [0.2, 0.25) is 0 Å². The van der Waals surface area contributed by atoms with Crippen LogP contribution >= 0.6 is 24.0 Å². The Morgan fingerprint density at radius 1 is 1.03 bits per heavy atom. The molecule has 1 saturated heterocycles. The van der Waals surface area contributed by atoms with Crippen LogP contribution in [-0.4, -0.2) is 58.5 Å². The number of hydrogen-bond donors (Lipinski definition) is 2. The second-order valence-electron chi connectivity index (χ2n) is 7.89. The number of benzene rings is 2. The standard InChI is InChI=1S/C22H28FN5O2S.HI/c1-24-22(28-14-12-27(13-15-28)20-8-4-18(23)5-9-20)25-16-17-2-10-21(11-3-17)31(29,30)26-19-6-7-19;/h2-5,8-11,19,26H,6-7,12-16H2,1H3,(H,24,25);1H. The van der Waals surface area contributed by atoms with Crippen molar-refractivity contribution in [3.63, 3.8) is 0 Å². The molecule has 1 heterocycles. The average Bonchev–Trinajstić information content (AvgIpc) is 3.59. The maximum Gasteiger partial charge on any atom is 0.240 e. The number of aliphatic imine (C=N–C) groups is 1. The van der Waals surface area contributed by atoms with E-state index in [2.05, 4.69) is 24.8 Å². The van der Waals surface area contributed by atoms with E-state index in [1.54, 1.807) is 19.2 Å². The number of guanidine groups is 1. The molecule has 1 aliphatic heterocycles. The van der Waals surface area contributed by atoms with Gasteiger partial charge in [-0.1, -0.05) is 12.1 Å². The number of halogens is 2. The van der Waals surface area contributed by atoms with E-state index in [-0.39, 0.29) is 35.8 Å². The van der Waals surface area contributed by atoms with Gasteiger partial charge in [-0.05, 0) is 54.8 Å². The van der Waals surface area contributed by atoms with Gasteiger partial charge >= 0.3 is 0 Å². The Morgan fingerprint density at radius 2 is 1.66 bits per heavy atom. The van der Waals surface area contributed by atoms with Crippen LogP contribution in [0.4, 0.5) is 10.1 Å². The van der Waals surface area contributed by atoms with Gasteiger partial charge in [0.25, 0.3) is 0 Å². The summed E-state index contributed by atoms with van der Waals surface area (Å²) in [7, 11) is -1.67. The highest BCUT2D eigenvalue weighted by Crippen LogP contribution is 2.22. The van der Waals surface area contributed by atoms with E-state index in [9.17, 15) is 12.8 Å². The van der Waals surface area contributed by atoms with Crippen LogP contribution in [0.1, 0.15) is 18.4 Å². The largest absolute Gasteiger partial charge is 0.368 e. The molecule has 0 aromatic heterocycles. The molecule has 0 bridgehead atoms. The van der Waals surface area contributed by atoms with Gasteiger partial charge in [0.05, 0.1) is 4.90 Å². The van der Waals surface area contributed by atoms with Crippen molar-refractivity contribution >= 4 is 45.6 Å². The fourth-order valence-electron chi connectivity index (χ4n) is 3.62. The molecule has 1 saturated carbocycles. The molecule has 7 nitrogen and oxygen atoms in total. The minimum Gasteiger partial charge on any atom is -0.368 e. The van der Waals surface area contributed by atoms with Gasteiger partial charge in [-0.25, -0.2) is 17.5 Å². The van der Waals surface area contributed by atoms with E-state index in [1.807, 2.05) is 24.3 Å². The Morgan fingerprint density at radius 3 is 2.22 bits per heavy atom. The Labute approximate surface area is 206 Å². The molecule has 0 radical (unpaired) electrons. The zero-order valence-corrected chi connectivity index (χ0v) is 21.1. The van der Waals surface area contributed by atoms with E-state index >= 15 is 0 Å². The lowest BCUT2D eigenvalue weighted by atomic mass is 10.2. The van der Waals surface area contributed by atoms with Crippen molar-refractivity contribution in [1.82, 2.24) is 14.9 Å². The maximum atomic E-state index is 13.1. The monoisotopic (exact) mass is 573 g/mol. The summed E-state index contributed by atoms with van der Waals surface area (Å²) in [5, 5.41) is 3.36. The smallest absolute Gasteiger partial charge is 0.240 e. The molecule has 2 fully saturated rings. The highest BCUT2D eigenvalue weighted by Gasteiger charge is 2.27. The van der Waals surface area contributed by atoms with Crippen molar-refractivity contribution in [2.45, 2.75) is 30.3 Å². The van der Waals surface area contributed by atoms with Gasteiger partial charge in [0.1, 0.15) is 5.82 Å². The molecule has 0 atom stereocenters. The summed E-state index contributed by atoms with van der Waals surface area (Å²) in [5.41, 5.74) is 2.01. The number of nitrogens with one attached hydrogen (secondary N) is 2. The minimum absolute atomic E-state index is 0. The van der Waals surface area contributed by atoms with Crippen molar-refractivity contribution in [2.24, 2.45) is 4.99 Å². The van der Waals surface area contributed by atoms with Gasteiger partial charge in [-0.3, -0.25) is 4.99 Å². The van der Waals surface area contributed by atoms with Crippen LogP contribution in [0.15, 0.2) is 58.4 Å². The van der Waals surface area contributed by atoms with E-state index in [0.717, 1.165) is 56.2 Å². The van der Waals surface area contributed by atoms with Gasteiger partial charge < -0.3 is 15.1 Å². The molecule has 0 unspecified atom stereocenters. The minimum atomic E-state index is -3.43. The zero-order chi connectivity index (χ0) is 21.8. The molecule has 174 valence electrons. The van der Waals surface area contributed by atoms with Gasteiger partial charge in [0.2, 0.25) is 10.0 Å². The lowest BCUT2D eigenvalue weighted by molar-refractivity contribution is 0.372. The molecule has 10 heteroatoms. The SMILES string of the molecule is CN=C(NCc1ccc(S(=O)(=O)NC2CC2)cc1)N1CCN(c2ccc(F)cc2)CC1.I. The number of nitrogens with zero attached hydrogens (tertiary/aromatic N) is 3. The molecule has 2 aromatic rings. The van der Waals surface area contributed by atoms with Gasteiger partial charge in [0, 0.05) is 51.5 Å². The first kappa shape index (κ1) is 24.7. The van der Waals surface area contributed by atoms with Crippen LogP contribution < -0.4 is 14.9 Å². The lowest BCUT2D eigenvalue weighted by Gasteiger charge is -2.37. The predicted molar refractivity (Wildman–Crippen MR) is 136 cm³/mol. The van der Waals surface area contributed by atoms with Crippen molar-refractivity contribution in [2.75, 3.05) is 38.1 Å². The fourth-order valence-corrected chi connectivity index (χ4v) is 4.92. The number of rotatable bonds is 6. The average molecular weight is 573 g/mol. The normalized spacial score (nSPS) is 17.1. The van der Waals surface area contributed by atoms with Crippen molar-refractivity contribution in [3.05, 3.63) is 59.9 Å². The van der Waals surface area contributed by atoms with Crippen molar-refractivity contribution < 1.29 is 12.8 Å². The molecular formula is C22H29FIN5O2S. The van der Waals surface area contributed by atoms with E-state index in [1.165, 1.54) is 12.1 Å². The molecule has 2 N–H and O–H groups in total. The maximum absolute atomic E-state index is 13.1. The number of anilines is 1.